The van der Waals surface area contributed by atoms with Crippen LogP contribution in [0.5, 0.6) is 0 Å². The van der Waals surface area contributed by atoms with Crippen molar-refractivity contribution < 1.29 is 5.11 Å². The number of aromatic amines is 1. The highest BCUT2D eigenvalue weighted by molar-refractivity contribution is 6.42. The van der Waals surface area contributed by atoms with Crippen LogP contribution >= 0.6 is 35.6 Å². The van der Waals surface area contributed by atoms with Crippen LogP contribution in [0, 0.1) is 5.41 Å². The first-order chi connectivity index (χ1) is 13.0. The molecule has 1 saturated heterocycles. The van der Waals surface area contributed by atoms with E-state index in [2.05, 4.69) is 25.5 Å². The fourth-order valence-corrected chi connectivity index (χ4v) is 3.07. The summed E-state index contributed by atoms with van der Waals surface area (Å²) in [7, 11) is 0. The summed E-state index contributed by atoms with van der Waals surface area (Å²) in [5, 5.41) is 23.8. The molecule has 0 spiro atoms. The Kier molecular flexibility index (Phi) is 8.09. The van der Waals surface area contributed by atoms with Gasteiger partial charge in [-0.05, 0) is 17.7 Å². The van der Waals surface area contributed by atoms with E-state index in [1.807, 2.05) is 6.07 Å². The highest BCUT2D eigenvalue weighted by Gasteiger charge is 2.23. The van der Waals surface area contributed by atoms with Gasteiger partial charge in [-0.1, -0.05) is 29.3 Å². The molecule has 2 aromatic rings. The predicted octanol–water partition coefficient (Wildman–Crippen LogP) is 2.20. The number of nitrogens with zero attached hydrogens (tertiary/aromatic N) is 2. The molecule has 28 heavy (non-hydrogen) atoms. The zero-order valence-corrected chi connectivity index (χ0v) is 17.2. The number of aliphatic hydroxyl groups is 1. The SMILES string of the molecule is Cl.N=Cc1nc(NCc2ccc(Cl)c(Cl)c2)[nH]c(=O)c1NCCN1CC(O)C1. The maximum Gasteiger partial charge on any atom is 0.276 e. The van der Waals surface area contributed by atoms with Gasteiger partial charge in [0.1, 0.15) is 11.4 Å². The molecule has 11 heteroatoms. The smallest absolute Gasteiger partial charge is 0.276 e. The van der Waals surface area contributed by atoms with E-state index in [1.54, 1.807) is 12.1 Å². The molecule has 1 aliphatic heterocycles. The molecular weight excluding hydrogens is 427 g/mol. The third-order valence-electron chi connectivity index (χ3n) is 4.20. The number of hydrogen-bond donors (Lipinski definition) is 5. The topological polar surface area (TPSA) is 117 Å². The van der Waals surface area contributed by atoms with Gasteiger partial charge in [0.05, 0.1) is 16.1 Å². The highest BCUT2D eigenvalue weighted by atomic mass is 35.5. The molecule has 3 rings (SSSR count). The quantitative estimate of drug-likeness (QED) is 0.396. The number of hydrogen-bond acceptors (Lipinski definition) is 7. The van der Waals surface area contributed by atoms with E-state index in [4.69, 9.17) is 28.6 Å². The Morgan fingerprint density at radius 1 is 1.32 bits per heavy atom. The number of H-pyrrole nitrogens is 1. The van der Waals surface area contributed by atoms with Gasteiger partial charge in [-0.3, -0.25) is 14.7 Å². The summed E-state index contributed by atoms with van der Waals surface area (Å²) in [4.78, 5) is 21.3. The molecule has 0 saturated carbocycles. The standard InChI is InChI=1S/C17H20Cl2N6O2.ClH/c18-12-2-1-10(5-13(12)19)7-22-17-23-14(6-20)15(16(27)24-17)21-3-4-25-8-11(26)9-25;/h1-2,5-6,11,20-21,26H,3-4,7-9H2,(H2,22,23,24,27);1H. The predicted molar refractivity (Wildman–Crippen MR) is 115 cm³/mol. The molecule has 0 radical (unpaired) electrons. The Labute approximate surface area is 178 Å². The van der Waals surface area contributed by atoms with Crippen molar-refractivity contribution in [1.29, 1.82) is 5.41 Å². The van der Waals surface area contributed by atoms with E-state index in [1.165, 1.54) is 0 Å². The molecule has 0 unspecified atom stereocenters. The van der Waals surface area contributed by atoms with E-state index < -0.39 is 0 Å². The van der Waals surface area contributed by atoms with E-state index in [0.29, 0.717) is 42.8 Å². The van der Waals surface area contributed by atoms with Crippen LogP contribution in [-0.4, -0.2) is 58.5 Å². The van der Waals surface area contributed by atoms with Crippen molar-refractivity contribution in [2.45, 2.75) is 12.6 Å². The average molecular weight is 448 g/mol. The van der Waals surface area contributed by atoms with E-state index in [9.17, 15) is 9.90 Å². The van der Waals surface area contributed by atoms with Crippen molar-refractivity contribution in [1.82, 2.24) is 14.9 Å². The summed E-state index contributed by atoms with van der Waals surface area (Å²) in [6, 6.07) is 5.25. The summed E-state index contributed by atoms with van der Waals surface area (Å²) in [5.41, 5.74) is 1.02. The molecule has 8 nitrogen and oxygen atoms in total. The second-order valence-electron chi connectivity index (χ2n) is 6.26. The number of anilines is 2. The molecular formula is C17H21Cl3N6O2. The lowest BCUT2D eigenvalue weighted by atomic mass is 10.2. The lowest BCUT2D eigenvalue weighted by Gasteiger charge is -2.35. The van der Waals surface area contributed by atoms with Crippen LogP contribution in [0.2, 0.25) is 10.0 Å². The Morgan fingerprint density at radius 3 is 2.71 bits per heavy atom. The Balaban J connectivity index is 0.00000280. The van der Waals surface area contributed by atoms with Crippen molar-refractivity contribution >= 4 is 53.5 Å². The van der Waals surface area contributed by atoms with Crippen LogP contribution in [0.1, 0.15) is 11.3 Å². The normalized spacial score (nSPS) is 14.1. The molecule has 1 aliphatic rings. The number of benzene rings is 1. The van der Waals surface area contributed by atoms with Crippen LogP contribution in [0.15, 0.2) is 23.0 Å². The van der Waals surface area contributed by atoms with E-state index >= 15 is 0 Å². The Bertz CT molecular complexity index is 886. The third kappa shape index (κ3) is 5.59. The molecule has 2 heterocycles. The van der Waals surface area contributed by atoms with Gasteiger partial charge in [-0.25, -0.2) is 4.98 Å². The van der Waals surface area contributed by atoms with Crippen molar-refractivity contribution in [3.63, 3.8) is 0 Å². The van der Waals surface area contributed by atoms with Gasteiger partial charge in [0.15, 0.2) is 0 Å². The summed E-state index contributed by atoms with van der Waals surface area (Å²) < 4.78 is 0. The zero-order chi connectivity index (χ0) is 19.4. The van der Waals surface area contributed by atoms with Gasteiger partial charge < -0.3 is 21.1 Å². The minimum atomic E-state index is -0.358. The molecule has 0 bridgehead atoms. The molecule has 1 aromatic heterocycles. The average Bonchev–Trinajstić information content (AvgIpc) is 2.62. The Hall–Kier alpha value is -1.84. The maximum atomic E-state index is 12.3. The maximum absolute atomic E-state index is 12.3. The zero-order valence-electron chi connectivity index (χ0n) is 14.8. The Morgan fingerprint density at radius 2 is 2.07 bits per heavy atom. The second kappa shape index (κ2) is 10.1. The van der Waals surface area contributed by atoms with Gasteiger partial charge >= 0.3 is 0 Å². The summed E-state index contributed by atoms with van der Waals surface area (Å²) in [6.07, 6.45) is 0.781. The highest BCUT2D eigenvalue weighted by Crippen LogP contribution is 2.22. The monoisotopic (exact) mass is 446 g/mol. The molecule has 152 valence electrons. The van der Waals surface area contributed by atoms with Crippen LogP contribution < -0.4 is 16.2 Å². The van der Waals surface area contributed by atoms with Crippen LogP contribution in [0.25, 0.3) is 0 Å². The summed E-state index contributed by atoms with van der Waals surface area (Å²) in [5.74, 6) is 0.265. The minimum Gasteiger partial charge on any atom is -0.390 e. The summed E-state index contributed by atoms with van der Waals surface area (Å²) in [6.45, 7) is 2.90. The van der Waals surface area contributed by atoms with Gasteiger partial charge in [-0.15, -0.1) is 12.4 Å². The number of rotatable bonds is 8. The second-order valence-corrected chi connectivity index (χ2v) is 7.08. The first-order valence-electron chi connectivity index (χ1n) is 8.43. The first-order valence-corrected chi connectivity index (χ1v) is 9.18. The lowest BCUT2D eigenvalue weighted by Crippen LogP contribution is -2.52. The first kappa shape index (κ1) is 22.4. The van der Waals surface area contributed by atoms with Crippen LogP contribution in [-0.2, 0) is 6.54 Å². The van der Waals surface area contributed by atoms with Crippen molar-refractivity contribution in [3.05, 3.63) is 49.9 Å². The van der Waals surface area contributed by atoms with Crippen LogP contribution in [0.4, 0.5) is 11.6 Å². The molecule has 0 aliphatic carbocycles. The summed E-state index contributed by atoms with van der Waals surface area (Å²) >= 11 is 11.9. The molecule has 1 aromatic carbocycles. The number of halogens is 3. The molecule has 5 N–H and O–H groups in total. The number of β-amino-alcohol motifs (C(OH)–C–C–N with tert-alkyl or cyclic N) is 1. The number of likely N-dealkylation sites (tertiary alicyclic amines) is 1. The number of aromatic nitrogens is 2. The lowest BCUT2D eigenvalue weighted by molar-refractivity contribution is 0.00497. The third-order valence-corrected chi connectivity index (χ3v) is 4.93. The van der Waals surface area contributed by atoms with Gasteiger partial charge in [0.25, 0.3) is 5.56 Å². The molecule has 1 fully saturated rings. The molecule has 0 amide bonds. The fraction of sp³-hybridized carbons (Fsp3) is 0.353. The van der Waals surface area contributed by atoms with Gasteiger partial charge in [-0.2, -0.15) is 0 Å². The minimum absolute atomic E-state index is 0. The van der Waals surface area contributed by atoms with Crippen molar-refractivity contribution in [2.24, 2.45) is 0 Å². The van der Waals surface area contributed by atoms with Crippen LogP contribution in [0.3, 0.4) is 0 Å². The van der Waals surface area contributed by atoms with Gasteiger partial charge in [0.2, 0.25) is 5.95 Å². The van der Waals surface area contributed by atoms with Gasteiger partial charge in [0, 0.05) is 38.9 Å². The number of aliphatic hydroxyl groups excluding tert-OH is 1. The van der Waals surface area contributed by atoms with Crippen molar-refractivity contribution in [3.8, 4) is 0 Å². The van der Waals surface area contributed by atoms with E-state index in [0.717, 1.165) is 11.8 Å². The fourth-order valence-electron chi connectivity index (χ4n) is 2.75. The molecule has 0 atom stereocenters. The largest absolute Gasteiger partial charge is 0.390 e. The van der Waals surface area contributed by atoms with Crippen molar-refractivity contribution in [2.75, 3.05) is 36.8 Å². The van der Waals surface area contributed by atoms with E-state index in [-0.39, 0.29) is 41.4 Å². The number of nitrogens with one attached hydrogen (secondary N) is 4.